The Labute approximate surface area is 77.4 Å². The van der Waals surface area contributed by atoms with E-state index in [1.54, 1.807) is 12.1 Å². The van der Waals surface area contributed by atoms with E-state index < -0.39 is 0 Å². The van der Waals surface area contributed by atoms with Crippen LogP contribution in [0.25, 0.3) is 10.8 Å². The quantitative estimate of drug-likeness (QED) is 0.734. The van der Waals surface area contributed by atoms with Gasteiger partial charge in [-0.15, -0.1) is 11.3 Å². The van der Waals surface area contributed by atoms with Crippen LogP contribution in [0.5, 0.6) is 0 Å². The highest BCUT2D eigenvalue weighted by atomic mass is 32.1. The van der Waals surface area contributed by atoms with Gasteiger partial charge in [-0.3, -0.25) is 0 Å². The van der Waals surface area contributed by atoms with Crippen molar-refractivity contribution in [3.8, 4) is 16.8 Å². The molecule has 2 rings (SSSR count). The van der Waals surface area contributed by atoms with Crippen molar-refractivity contribution >= 4 is 17.3 Å². The molecule has 0 radical (unpaired) electrons. The average molecular weight is 192 g/mol. The molecule has 0 aliphatic carbocycles. The van der Waals surface area contributed by atoms with E-state index in [0.717, 1.165) is 4.88 Å². The van der Waals surface area contributed by atoms with Gasteiger partial charge in [0.15, 0.2) is 0 Å². The summed E-state index contributed by atoms with van der Waals surface area (Å²) in [5.41, 5.74) is 5.28. The Hall–Kier alpha value is -1.87. The molecular weight excluding hydrogens is 188 g/mol. The van der Waals surface area contributed by atoms with Crippen LogP contribution < -0.4 is 5.73 Å². The molecular formula is C7H4N4OS. The molecule has 0 fully saturated rings. The third-order valence-electron chi connectivity index (χ3n) is 1.37. The normalized spacial score (nSPS) is 9.77. The van der Waals surface area contributed by atoms with E-state index in [-0.39, 0.29) is 5.95 Å². The summed E-state index contributed by atoms with van der Waals surface area (Å²) < 4.78 is 4.82. The van der Waals surface area contributed by atoms with Gasteiger partial charge >= 0.3 is 0 Å². The lowest BCUT2D eigenvalue weighted by Gasteiger charge is -1.81. The molecule has 0 spiro atoms. The minimum absolute atomic E-state index is 0.0990. The Bertz CT molecular complexity index is 467. The maximum atomic E-state index is 8.57. The third-order valence-corrected chi connectivity index (χ3v) is 2.35. The molecule has 0 aliphatic rings. The summed E-state index contributed by atoms with van der Waals surface area (Å²) >= 11 is 1.29. The van der Waals surface area contributed by atoms with Crippen LogP contribution in [0.15, 0.2) is 16.7 Å². The Kier molecular flexibility index (Phi) is 1.72. The molecule has 64 valence electrons. The number of aromatic nitrogens is 2. The molecule has 0 saturated heterocycles. The second-order valence-corrected chi connectivity index (χ2v) is 3.32. The average Bonchev–Trinajstić information content (AvgIpc) is 2.71. The molecule has 0 bridgehead atoms. The number of nitrogens with zero attached hydrogens (tertiary/aromatic N) is 3. The first-order chi connectivity index (χ1) is 6.29. The molecule has 0 saturated carbocycles. The Morgan fingerprint density at radius 2 is 2.38 bits per heavy atom. The van der Waals surface area contributed by atoms with Crippen molar-refractivity contribution in [3.63, 3.8) is 0 Å². The van der Waals surface area contributed by atoms with Gasteiger partial charge in [0.2, 0.25) is 0 Å². The lowest BCUT2D eigenvalue weighted by molar-refractivity contribution is 0.434. The van der Waals surface area contributed by atoms with E-state index >= 15 is 0 Å². The summed E-state index contributed by atoms with van der Waals surface area (Å²) in [6.07, 6.45) is 0. The standard InChI is InChI=1S/C7H4N4OS/c8-3-4-1-2-5(13-4)6-10-7(9)11-12-6/h1-2H,(H2,9,11). The zero-order chi connectivity index (χ0) is 9.26. The van der Waals surface area contributed by atoms with Gasteiger partial charge in [0.1, 0.15) is 10.9 Å². The summed E-state index contributed by atoms with van der Waals surface area (Å²) in [5, 5.41) is 12.0. The van der Waals surface area contributed by atoms with E-state index in [4.69, 9.17) is 15.5 Å². The first-order valence-corrected chi connectivity index (χ1v) is 4.21. The van der Waals surface area contributed by atoms with E-state index in [0.29, 0.717) is 10.8 Å². The number of rotatable bonds is 1. The van der Waals surface area contributed by atoms with Crippen molar-refractivity contribution in [1.29, 1.82) is 5.26 Å². The first kappa shape index (κ1) is 7.76. The minimum Gasteiger partial charge on any atom is -0.365 e. The van der Waals surface area contributed by atoms with Crippen LogP contribution in [0.3, 0.4) is 0 Å². The van der Waals surface area contributed by atoms with Crippen molar-refractivity contribution < 1.29 is 4.52 Å². The molecule has 6 heteroatoms. The van der Waals surface area contributed by atoms with Gasteiger partial charge in [-0.05, 0) is 17.3 Å². The summed E-state index contributed by atoms with van der Waals surface area (Å²) in [6.45, 7) is 0. The fraction of sp³-hybridized carbons (Fsp3) is 0. The van der Waals surface area contributed by atoms with Gasteiger partial charge in [-0.1, -0.05) is 0 Å². The molecule has 0 aliphatic heterocycles. The molecule has 0 aromatic carbocycles. The minimum atomic E-state index is 0.0990. The number of nitrogen functional groups attached to an aromatic ring is 1. The van der Waals surface area contributed by atoms with Gasteiger partial charge in [0, 0.05) is 0 Å². The fourth-order valence-corrected chi connectivity index (χ4v) is 1.57. The van der Waals surface area contributed by atoms with Crippen molar-refractivity contribution in [3.05, 3.63) is 17.0 Å². The van der Waals surface area contributed by atoms with Crippen LogP contribution in [0.1, 0.15) is 4.88 Å². The van der Waals surface area contributed by atoms with Gasteiger partial charge in [-0.2, -0.15) is 10.2 Å². The highest BCUT2D eigenvalue weighted by Crippen LogP contribution is 2.26. The topological polar surface area (TPSA) is 88.7 Å². The molecule has 2 aromatic rings. The summed E-state index contributed by atoms with van der Waals surface area (Å²) in [6, 6.07) is 5.46. The zero-order valence-corrected chi connectivity index (χ0v) is 7.21. The number of thiophene rings is 1. The largest absolute Gasteiger partial charge is 0.365 e. The molecule has 0 amide bonds. The van der Waals surface area contributed by atoms with E-state index in [1.807, 2.05) is 6.07 Å². The number of hydrogen-bond acceptors (Lipinski definition) is 6. The van der Waals surface area contributed by atoms with E-state index in [1.165, 1.54) is 11.3 Å². The second-order valence-electron chi connectivity index (χ2n) is 2.23. The molecule has 2 aromatic heterocycles. The summed E-state index contributed by atoms with van der Waals surface area (Å²) in [7, 11) is 0. The Balaban J connectivity index is 2.42. The van der Waals surface area contributed by atoms with Crippen molar-refractivity contribution in [2.24, 2.45) is 0 Å². The monoisotopic (exact) mass is 192 g/mol. The number of hydrogen-bond donors (Lipinski definition) is 1. The second kappa shape index (κ2) is 2.88. The van der Waals surface area contributed by atoms with Gasteiger partial charge < -0.3 is 10.3 Å². The highest BCUT2D eigenvalue weighted by molar-refractivity contribution is 7.15. The summed E-state index contributed by atoms with van der Waals surface area (Å²) in [5.74, 6) is 0.450. The zero-order valence-electron chi connectivity index (χ0n) is 6.39. The van der Waals surface area contributed by atoms with Crippen LogP contribution in [-0.2, 0) is 0 Å². The molecule has 2 heterocycles. The van der Waals surface area contributed by atoms with Gasteiger partial charge in [0.05, 0.1) is 4.88 Å². The molecule has 2 N–H and O–H groups in total. The van der Waals surface area contributed by atoms with Gasteiger partial charge in [-0.25, -0.2) is 0 Å². The predicted molar refractivity (Wildman–Crippen MR) is 46.7 cm³/mol. The van der Waals surface area contributed by atoms with Crippen molar-refractivity contribution in [2.45, 2.75) is 0 Å². The van der Waals surface area contributed by atoms with Crippen molar-refractivity contribution in [2.75, 3.05) is 5.73 Å². The van der Waals surface area contributed by atoms with Crippen molar-refractivity contribution in [1.82, 2.24) is 10.1 Å². The molecule has 0 atom stereocenters. The lowest BCUT2D eigenvalue weighted by Crippen LogP contribution is -1.84. The summed E-state index contributed by atoms with van der Waals surface area (Å²) in [4.78, 5) is 5.18. The predicted octanol–water partition coefficient (Wildman–Crippen LogP) is 1.25. The molecule has 13 heavy (non-hydrogen) atoms. The lowest BCUT2D eigenvalue weighted by atomic mass is 10.4. The van der Waals surface area contributed by atoms with Crippen LogP contribution in [-0.4, -0.2) is 10.1 Å². The van der Waals surface area contributed by atoms with Crippen LogP contribution in [0, 0.1) is 11.3 Å². The molecule has 0 unspecified atom stereocenters. The highest BCUT2D eigenvalue weighted by Gasteiger charge is 2.08. The van der Waals surface area contributed by atoms with Crippen LogP contribution >= 0.6 is 11.3 Å². The third kappa shape index (κ3) is 1.37. The van der Waals surface area contributed by atoms with Crippen LogP contribution in [0.2, 0.25) is 0 Å². The molecule has 5 nitrogen and oxygen atoms in total. The fourth-order valence-electron chi connectivity index (χ4n) is 0.848. The van der Waals surface area contributed by atoms with E-state index in [2.05, 4.69) is 10.1 Å². The number of nitriles is 1. The SMILES string of the molecule is N#Cc1ccc(-c2nc(N)no2)s1. The van der Waals surface area contributed by atoms with Crippen LogP contribution in [0.4, 0.5) is 5.95 Å². The first-order valence-electron chi connectivity index (χ1n) is 3.39. The smallest absolute Gasteiger partial charge is 0.269 e. The maximum absolute atomic E-state index is 8.57. The Morgan fingerprint density at radius 3 is 2.92 bits per heavy atom. The maximum Gasteiger partial charge on any atom is 0.269 e. The van der Waals surface area contributed by atoms with Gasteiger partial charge in [0.25, 0.3) is 11.8 Å². The van der Waals surface area contributed by atoms with E-state index in [9.17, 15) is 0 Å². The number of anilines is 1. The number of nitrogens with two attached hydrogens (primary N) is 1. The Morgan fingerprint density at radius 1 is 1.54 bits per heavy atom.